The van der Waals surface area contributed by atoms with Gasteiger partial charge >= 0.3 is 0 Å². The maximum atomic E-state index is 5.13. The molecule has 1 fully saturated rings. The summed E-state index contributed by atoms with van der Waals surface area (Å²) in [5.74, 6) is 1.36. The summed E-state index contributed by atoms with van der Waals surface area (Å²) in [5, 5.41) is 0. The molecule has 0 bridgehead atoms. The molecule has 0 amide bonds. The summed E-state index contributed by atoms with van der Waals surface area (Å²) in [6.45, 7) is 4.68. The summed E-state index contributed by atoms with van der Waals surface area (Å²) < 4.78 is 5.13. The molecule has 112 valence electrons. The van der Waals surface area contributed by atoms with Crippen molar-refractivity contribution in [3.05, 3.63) is 12.3 Å². The van der Waals surface area contributed by atoms with Crippen LogP contribution in [0.1, 0.15) is 32.1 Å². The monoisotopic (exact) mass is 278 g/mol. The molecule has 0 N–H and O–H groups in total. The molecule has 0 aliphatic carbocycles. The third-order valence-corrected chi connectivity index (χ3v) is 3.83. The van der Waals surface area contributed by atoms with Crippen LogP contribution >= 0.6 is 0 Å². The van der Waals surface area contributed by atoms with Crippen molar-refractivity contribution in [2.75, 3.05) is 45.2 Å². The molecule has 5 nitrogen and oxygen atoms in total. The molecule has 2 heterocycles. The molecule has 0 radical (unpaired) electrons. The van der Waals surface area contributed by atoms with Crippen LogP contribution in [-0.4, -0.2) is 55.2 Å². The first-order valence-electron chi connectivity index (χ1n) is 7.60. The van der Waals surface area contributed by atoms with E-state index in [1.165, 1.54) is 45.3 Å². The molecule has 5 heteroatoms. The lowest BCUT2D eigenvalue weighted by atomic mass is 10.2. The van der Waals surface area contributed by atoms with Crippen LogP contribution in [0.15, 0.2) is 12.3 Å². The molecule has 0 unspecified atom stereocenters. The highest BCUT2D eigenvalue weighted by atomic mass is 16.5. The summed E-state index contributed by atoms with van der Waals surface area (Å²) >= 11 is 0. The Bertz CT molecular complexity index is 391. The second-order valence-corrected chi connectivity index (χ2v) is 5.43. The average Bonchev–Trinajstić information content (AvgIpc) is 2.76. The Morgan fingerprint density at radius 2 is 2.00 bits per heavy atom. The van der Waals surface area contributed by atoms with Gasteiger partial charge in [-0.15, -0.1) is 0 Å². The highest BCUT2D eigenvalue weighted by Gasteiger charge is 2.10. The van der Waals surface area contributed by atoms with Crippen LogP contribution in [0.25, 0.3) is 0 Å². The minimum Gasteiger partial charge on any atom is -0.481 e. The fourth-order valence-corrected chi connectivity index (χ4v) is 2.62. The summed E-state index contributed by atoms with van der Waals surface area (Å²) in [6, 6.07) is 1.77. The fraction of sp³-hybridized carbons (Fsp3) is 0.733. The van der Waals surface area contributed by atoms with Crippen LogP contribution in [0.3, 0.4) is 0 Å². The minimum atomic E-state index is 0.620. The maximum absolute atomic E-state index is 5.13. The van der Waals surface area contributed by atoms with Gasteiger partial charge in [-0.05, 0) is 38.9 Å². The molecule has 0 atom stereocenters. The van der Waals surface area contributed by atoms with E-state index in [-0.39, 0.29) is 0 Å². The second-order valence-electron chi connectivity index (χ2n) is 5.43. The lowest BCUT2D eigenvalue weighted by Gasteiger charge is -2.22. The van der Waals surface area contributed by atoms with Crippen molar-refractivity contribution in [2.24, 2.45) is 0 Å². The Balaban J connectivity index is 1.75. The molecule has 1 aliphatic heterocycles. The topological polar surface area (TPSA) is 41.5 Å². The Hall–Kier alpha value is -1.36. The molecule has 0 aromatic carbocycles. The predicted molar refractivity (Wildman–Crippen MR) is 81.4 cm³/mol. The number of ether oxygens (including phenoxy) is 1. The molecule has 1 aromatic rings. The number of hydrogen-bond acceptors (Lipinski definition) is 5. The van der Waals surface area contributed by atoms with Gasteiger partial charge in [-0.1, -0.05) is 12.8 Å². The first-order valence-corrected chi connectivity index (χ1v) is 7.60. The number of aromatic nitrogens is 2. The molecule has 2 rings (SSSR count). The molecule has 0 saturated carbocycles. The Morgan fingerprint density at radius 3 is 2.70 bits per heavy atom. The number of methoxy groups -OCH3 is 1. The molecular formula is C15H26N4O. The van der Waals surface area contributed by atoms with E-state index in [1.54, 1.807) is 19.4 Å². The third kappa shape index (κ3) is 4.63. The second kappa shape index (κ2) is 8.04. The highest BCUT2D eigenvalue weighted by Crippen LogP contribution is 2.12. The fourth-order valence-electron chi connectivity index (χ4n) is 2.62. The van der Waals surface area contributed by atoms with Gasteiger partial charge in [-0.3, -0.25) is 0 Å². The molecule has 0 spiro atoms. The summed E-state index contributed by atoms with van der Waals surface area (Å²) in [7, 11) is 3.67. The van der Waals surface area contributed by atoms with E-state index in [1.807, 2.05) is 7.05 Å². The maximum Gasteiger partial charge on any atom is 0.228 e. The van der Waals surface area contributed by atoms with Crippen molar-refractivity contribution in [2.45, 2.75) is 32.1 Å². The van der Waals surface area contributed by atoms with Gasteiger partial charge in [0.25, 0.3) is 0 Å². The van der Waals surface area contributed by atoms with E-state index >= 15 is 0 Å². The van der Waals surface area contributed by atoms with E-state index in [9.17, 15) is 0 Å². The standard InChI is InChI=1S/C15H26N4O/c1-18(15-16-9-8-14(17-15)20-2)10-7-13-19-11-5-3-4-6-12-19/h8-9H,3-7,10-13H2,1-2H3. The lowest BCUT2D eigenvalue weighted by Crippen LogP contribution is -2.29. The Morgan fingerprint density at radius 1 is 1.25 bits per heavy atom. The van der Waals surface area contributed by atoms with E-state index in [2.05, 4.69) is 19.8 Å². The number of anilines is 1. The van der Waals surface area contributed by atoms with Crippen LogP contribution in [0.2, 0.25) is 0 Å². The van der Waals surface area contributed by atoms with Crippen LogP contribution in [0, 0.1) is 0 Å². The number of likely N-dealkylation sites (tertiary alicyclic amines) is 1. The van der Waals surface area contributed by atoms with Crippen molar-refractivity contribution >= 4 is 5.95 Å². The number of rotatable bonds is 6. The van der Waals surface area contributed by atoms with Crippen molar-refractivity contribution < 1.29 is 4.74 Å². The lowest BCUT2D eigenvalue weighted by molar-refractivity contribution is 0.282. The zero-order valence-electron chi connectivity index (χ0n) is 12.7. The van der Waals surface area contributed by atoms with Gasteiger partial charge in [0.05, 0.1) is 7.11 Å². The van der Waals surface area contributed by atoms with Gasteiger partial charge in [0.1, 0.15) is 0 Å². The van der Waals surface area contributed by atoms with Gasteiger partial charge in [-0.2, -0.15) is 4.98 Å². The van der Waals surface area contributed by atoms with Gasteiger partial charge in [0.15, 0.2) is 0 Å². The number of hydrogen-bond donors (Lipinski definition) is 0. The van der Waals surface area contributed by atoms with Crippen molar-refractivity contribution in [1.82, 2.24) is 14.9 Å². The van der Waals surface area contributed by atoms with Gasteiger partial charge in [-0.25, -0.2) is 4.98 Å². The van der Waals surface area contributed by atoms with Gasteiger partial charge in [0.2, 0.25) is 11.8 Å². The summed E-state index contributed by atoms with van der Waals surface area (Å²) in [6.07, 6.45) is 8.40. The molecular weight excluding hydrogens is 252 g/mol. The normalized spacial score (nSPS) is 16.7. The van der Waals surface area contributed by atoms with Crippen LogP contribution in [0.4, 0.5) is 5.95 Å². The quantitative estimate of drug-likeness (QED) is 0.798. The van der Waals surface area contributed by atoms with E-state index in [4.69, 9.17) is 4.74 Å². The first-order chi connectivity index (χ1) is 9.79. The largest absolute Gasteiger partial charge is 0.481 e. The van der Waals surface area contributed by atoms with Crippen LogP contribution in [-0.2, 0) is 0 Å². The van der Waals surface area contributed by atoms with E-state index in [0.717, 1.165) is 18.9 Å². The average molecular weight is 278 g/mol. The highest BCUT2D eigenvalue weighted by molar-refractivity contribution is 5.30. The van der Waals surface area contributed by atoms with Crippen molar-refractivity contribution in [1.29, 1.82) is 0 Å². The minimum absolute atomic E-state index is 0.620. The third-order valence-electron chi connectivity index (χ3n) is 3.83. The molecule has 1 aliphatic rings. The molecule has 1 saturated heterocycles. The zero-order valence-corrected chi connectivity index (χ0v) is 12.7. The molecule has 1 aromatic heterocycles. The first kappa shape index (κ1) is 15.0. The smallest absolute Gasteiger partial charge is 0.228 e. The van der Waals surface area contributed by atoms with Crippen molar-refractivity contribution in [3.63, 3.8) is 0 Å². The summed E-state index contributed by atoms with van der Waals surface area (Å²) in [5.41, 5.74) is 0. The van der Waals surface area contributed by atoms with E-state index in [0.29, 0.717) is 5.88 Å². The zero-order chi connectivity index (χ0) is 14.2. The van der Waals surface area contributed by atoms with Crippen molar-refractivity contribution in [3.8, 4) is 5.88 Å². The van der Waals surface area contributed by atoms with Gasteiger partial charge < -0.3 is 14.5 Å². The van der Waals surface area contributed by atoms with Crippen LogP contribution in [0.5, 0.6) is 5.88 Å². The summed E-state index contributed by atoms with van der Waals surface area (Å²) in [4.78, 5) is 13.3. The predicted octanol–water partition coefficient (Wildman–Crippen LogP) is 2.19. The Labute approximate surface area is 122 Å². The SMILES string of the molecule is COc1ccnc(N(C)CCCN2CCCCCC2)n1. The number of nitrogens with zero attached hydrogens (tertiary/aromatic N) is 4. The molecule has 20 heavy (non-hydrogen) atoms. The van der Waals surface area contributed by atoms with Crippen LogP contribution < -0.4 is 9.64 Å². The van der Waals surface area contributed by atoms with Gasteiger partial charge in [0, 0.05) is 25.9 Å². The Kier molecular flexibility index (Phi) is 6.05. The van der Waals surface area contributed by atoms with E-state index < -0.39 is 0 Å².